The summed E-state index contributed by atoms with van der Waals surface area (Å²) in [7, 11) is 0. The van der Waals surface area contributed by atoms with Crippen molar-refractivity contribution in [2.24, 2.45) is 0 Å². The van der Waals surface area contributed by atoms with E-state index in [1.165, 1.54) is 6.08 Å². The molecule has 6 nitrogen and oxygen atoms in total. The van der Waals surface area contributed by atoms with Crippen molar-refractivity contribution in [1.29, 1.82) is 0 Å². The minimum atomic E-state index is -0.0427. The van der Waals surface area contributed by atoms with Crippen molar-refractivity contribution in [1.82, 2.24) is 19.7 Å². The van der Waals surface area contributed by atoms with Crippen LogP contribution in [0.5, 0.6) is 11.5 Å². The van der Waals surface area contributed by atoms with Crippen molar-refractivity contribution in [3.05, 3.63) is 84.7 Å². The molecule has 3 heterocycles. The number of pyridine rings is 1. The molecule has 1 aliphatic rings. The zero-order chi connectivity index (χ0) is 22.8. The van der Waals surface area contributed by atoms with E-state index in [1.54, 1.807) is 6.20 Å². The first kappa shape index (κ1) is 21.2. The van der Waals surface area contributed by atoms with E-state index >= 15 is 0 Å². The second-order valence-electron chi connectivity index (χ2n) is 8.03. The summed E-state index contributed by atoms with van der Waals surface area (Å²) in [4.78, 5) is 18.3. The maximum absolute atomic E-state index is 12.2. The fourth-order valence-corrected chi connectivity index (χ4v) is 4.53. The molecular weight excluding hydrogens is 436 g/mol. The molecule has 1 saturated heterocycles. The topological polar surface area (TPSA) is 60.2 Å². The van der Waals surface area contributed by atoms with Gasteiger partial charge in [-0.2, -0.15) is 5.10 Å². The fourth-order valence-electron chi connectivity index (χ4n) is 4.31. The van der Waals surface area contributed by atoms with Crippen molar-refractivity contribution in [2.75, 3.05) is 13.1 Å². The van der Waals surface area contributed by atoms with E-state index in [0.717, 1.165) is 47.3 Å². The van der Waals surface area contributed by atoms with Gasteiger partial charge in [-0.25, -0.2) is 0 Å². The molecule has 1 atom stereocenters. The molecule has 1 unspecified atom stereocenters. The van der Waals surface area contributed by atoms with Crippen LogP contribution in [0.4, 0.5) is 0 Å². The minimum absolute atomic E-state index is 0.0427. The van der Waals surface area contributed by atoms with Crippen LogP contribution >= 0.6 is 11.6 Å². The van der Waals surface area contributed by atoms with E-state index in [-0.39, 0.29) is 11.9 Å². The molecule has 0 radical (unpaired) electrons. The lowest BCUT2D eigenvalue weighted by molar-refractivity contribution is -0.127. The number of hydrogen-bond acceptors (Lipinski definition) is 4. The zero-order valence-electron chi connectivity index (χ0n) is 18.0. The third kappa shape index (κ3) is 4.22. The number of amides is 1. The summed E-state index contributed by atoms with van der Waals surface area (Å²) in [5.41, 5.74) is 2.67. The lowest BCUT2D eigenvalue weighted by Gasteiger charge is -2.32. The number of fused-ring (bicyclic) bond motifs is 1. The highest BCUT2D eigenvalue weighted by Gasteiger charge is 2.26. The molecule has 0 spiro atoms. The summed E-state index contributed by atoms with van der Waals surface area (Å²) in [6.45, 7) is 4.97. The maximum Gasteiger partial charge on any atom is 0.246 e. The summed E-state index contributed by atoms with van der Waals surface area (Å²) in [5.74, 6) is 1.26. The molecule has 33 heavy (non-hydrogen) atoms. The number of hydrogen-bond donors (Lipinski definition) is 0. The van der Waals surface area contributed by atoms with Crippen molar-refractivity contribution in [2.45, 2.75) is 18.9 Å². The second kappa shape index (κ2) is 9.08. The van der Waals surface area contributed by atoms with Gasteiger partial charge in [0.25, 0.3) is 0 Å². The fraction of sp³-hybridized carbons (Fsp3) is 0.192. The molecular formula is C26H23ClN4O2. The van der Waals surface area contributed by atoms with Gasteiger partial charge < -0.3 is 9.64 Å². The Kier molecular flexibility index (Phi) is 5.84. The van der Waals surface area contributed by atoms with Crippen molar-refractivity contribution in [3.63, 3.8) is 0 Å². The molecule has 0 saturated carbocycles. The summed E-state index contributed by atoms with van der Waals surface area (Å²) >= 11 is 6.58. The summed E-state index contributed by atoms with van der Waals surface area (Å²) < 4.78 is 7.94. The van der Waals surface area contributed by atoms with Crippen molar-refractivity contribution in [3.8, 4) is 22.8 Å². The van der Waals surface area contributed by atoms with E-state index in [2.05, 4.69) is 11.6 Å². The van der Waals surface area contributed by atoms with Gasteiger partial charge in [-0.15, -0.1) is 0 Å². The van der Waals surface area contributed by atoms with Gasteiger partial charge in [-0.3, -0.25) is 14.5 Å². The molecule has 166 valence electrons. The number of para-hydroxylation sites is 1. The second-order valence-corrected chi connectivity index (χ2v) is 8.44. The number of ether oxygens (including phenoxy) is 1. The van der Waals surface area contributed by atoms with Crippen LogP contribution in [0.3, 0.4) is 0 Å². The van der Waals surface area contributed by atoms with Crippen molar-refractivity contribution < 1.29 is 9.53 Å². The van der Waals surface area contributed by atoms with Gasteiger partial charge in [0.2, 0.25) is 5.91 Å². The normalized spacial score (nSPS) is 16.0. The Morgan fingerprint density at radius 3 is 2.82 bits per heavy atom. The predicted octanol–water partition coefficient (Wildman–Crippen LogP) is 5.89. The van der Waals surface area contributed by atoms with E-state index in [4.69, 9.17) is 21.4 Å². The van der Waals surface area contributed by atoms with Crippen LogP contribution in [0.25, 0.3) is 22.2 Å². The van der Waals surface area contributed by atoms with E-state index < -0.39 is 0 Å². The number of carbonyl (C=O) groups excluding carboxylic acids is 1. The number of rotatable bonds is 5. The van der Waals surface area contributed by atoms with Gasteiger partial charge in [0, 0.05) is 36.4 Å². The Bertz CT molecular complexity index is 1320. The number of nitrogens with zero attached hydrogens (tertiary/aromatic N) is 4. The Morgan fingerprint density at radius 1 is 1.18 bits per heavy atom. The third-order valence-electron chi connectivity index (χ3n) is 5.91. The number of piperidine rings is 1. The number of aromatic nitrogens is 3. The molecule has 1 aliphatic heterocycles. The predicted molar refractivity (Wildman–Crippen MR) is 130 cm³/mol. The van der Waals surface area contributed by atoms with Crippen LogP contribution in [-0.2, 0) is 4.79 Å². The maximum atomic E-state index is 12.2. The lowest BCUT2D eigenvalue weighted by atomic mass is 10.1. The first-order valence-electron chi connectivity index (χ1n) is 10.9. The van der Waals surface area contributed by atoms with Crippen LogP contribution in [-0.4, -0.2) is 38.7 Å². The van der Waals surface area contributed by atoms with Crippen LogP contribution in [0, 0.1) is 0 Å². The van der Waals surface area contributed by atoms with Crippen LogP contribution in [0.2, 0.25) is 5.02 Å². The Hall–Kier alpha value is -3.64. The Morgan fingerprint density at radius 2 is 2.03 bits per heavy atom. The molecule has 1 amide bonds. The van der Waals surface area contributed by atoms with E-state index in [1.807, 2.05) is 70.4 Å². The molecule has 5 rings (SSSR count). The summed E-state index contributed by atoms with van der Waals surface area (Å²) in [5, 5.41) is 6.42. The minimum Gasteiger partial charge on any atom is -0.456 e. The monoisotopic (exact) mass is 458 g/mol. The van der Waals surface area contributed by atoms with Crippen LogP contribution < -0.4 is 4.74 Å². The van der Waals surface area contributed by atoms with Crippen LogP contribution in [0.1, 0.15) is 18.9 Å². The first-order chi connectivity index (χ1) is 16.1. The molecule has 0 N–H and O–H groups in total. The van der Waals surface area contributed by atoms with Gasteiger partial charge in [-0.1, -0.05) is 36.4 Å². The quantitative estimate of drug-likeness (QED) is 0.350. The van der Waals surface area contributed by atoms with E-state index in [9.17, 15) is 4.79 Å². The highest BCUT2D eigenvalue weighted by atomic mass is 35.5. The highest BCUT2D eigenvalue weighted by Crippen LogP contribution is 2.36. The number of halogens is 1. The first-order valence-corrected chi connectivity index (χ1v) is 11.3. The number of carbonyl (C=O) groups is 1. The van der Waals surface area contributed by atoms with Gasteiger partial charge in [-0.05, 0) is 55.3 Å². The standard InChI is InChI=1S/C26H23ClN4O2/c1-2-25(32)30-14-6-7-19(17-30)31-23-12-13-28-16-21(23)26(29-31)18-10-11-24(22(27)15-18)33-20-8-4-3-5-9-20/h2-5,8-13,15-16,19H,1,6-7,14,17H2. The summed E-state index contributed by atoms with van der Waals surface area (Å²) in [6.07, 6.45) is 6.84. The highest BCUT2D eigenvalue weighted by molar-refractivity contribution is 6.32. The lowest BCUT2D eigenvalue weighted by Crippen LogP contribution is -2.40. The van der Waals surface area contributed by atoms with Crippen molar-refractivity contribution >= 4 is 28.4 Å². The SMILES string of the molecule is C=CC(=O)N1CCCC(n2nc(-c3ccc(Oc4ccccc4)c(Cl)c3)c3cnccc32)C1. The Balaban J connectivity index is 1.50. The smallest absolute Gasteiger partial charge is 0.246 e. The van der Waals surface area contributed by atoms with Gasteiger partial charge in [0.05, 0.1) is 16.6 Å². The number of likely N-dealkylation sites (tertiary alicyclic amines) is 1. The Labute approximate surface area is 197 Å². The molecule has 2 aromatic carbocycles. The summed E-state index contributed by atoms with van der Waals surface area (Å²) in [6, 6.07) is 17.3. The molecule has 7 heteroatoms. The average Bonchev–Trinajstić information content (AvgIpc) is 3.25. The average molecular weight is 459 g/mol. The van der Waals surface area contributed by atoms with Gasteiger partial charge >= 0.3 is 0 Å². The molecule has 1 fully saturated rings. The molecule has 0 bridgehead atoms. The van der Waals surface area contributed by atoms with Gasteiger partial charge in [0.15, 0.2) is 0 Å². The third-order valence-corrected chi connectivity index (χ3v) is 6.21. The zero-order valence-corrected chi connectivity index (χ0v) is 18.8. The largest absolute Gasteiger partial charge is 0.456 e. The molecule has 4 aromatic rings. The molecule has 2 aromatic heterocycles. The van der Waals surface area contributed by atoms with Gasteiger partial charge in [0.1, 0.15) is 17.2 Å². The van der Waals surface area contributed by atoms with E-state index in [0.29, 0.717) is 17.3 Å². The van der Waals surface area contributed by atoms with Crippen LogP contribution in [0.15, 0.2) is 79.6 Å². The molecule has 0 aliphatic carbocycles. The number of benzene rings is 2.